The van der Waals surface area contributed by atoms with Crippen molar-refractivity contribution in [2.45, 2.75) is 32.1 Å². The summed E-state index contributed by atoms with van der Waals surface area (Å²) in [7, 11) is -3.80. The maximum absolute atomic E-state index is 14.2. The van der Waals surface area contributed by atoms with Gasteiger partial charge in [0, 0.05) is 29.4 Å². The Balaban J connectivity index is 1.50. The number of aromatic amines is 1. The van der Waals surface area contributed by atoms with Crippen molar-refractivity contribution in [3.63, 3.8) is 0 Å². The Hall–Kier alpha value is -3.50. The molecule has 2 aromatic heterocycles. The summed E-state index contributed by atoms with van der Waals surface area (Å²) in [6.45, 7) is 6.27. The molecular weight excluding hydrogens is 443 g/mol. The third kappa shape index (κ3) is 4.96. The van der Waals surface area contributed by atoms with Crippen LogP contribution in [0.15, 0.2) is 47.4 Å². The molecule has 0 unspecified atom stereocenters. The SMILES string of the molecule is Cc1nc(NCCc2c(C)[nH]c3c(F)ccc(C)c23)cc(Nc2cccc(S(N)(=O)=O)c2)n1. The van der Waals surface area contributed by atoms with Crippen molar-refractivity contribution >= 4 is 38.2 Å². The molecule has 8 nitrogen and oxygen atoms in total. The average molecular weight is 469 g/mol. The number of primary sulfonamides is 1. The van der Waals surface area contributed by atoms with Gasteiger partial charge in [0.05, 0.1) is 10.4 Å². The highest BCUT2D eigenvalue weighted by Gasteiger charge is 2.14. The second-order valence-electron chi connectivity index (χ2n) is 7.90. The molecule has 2 aromatic carbocycles. The Morgan fingerprint density at radius 3 is 2.58 bits per heavy atom. The first-order valence-corrected chi connectivity index (χ1v) is 11.9. The molecule has 2 heterocycles. The van der Waals surface area contributed by atoms with E-state index in [1.165, 1.54) is 18.2 Å². The normalized spacial score (nSPS) is 11.7. The minimum atomic E-state index is -3.80. The molecule has 0 spiro atoms. The first-order valence-electron chi connectivity index (χ1n) is 10.4. The first kappa shape index (κ1) is 22.7. The molecule has 172 valence electrons. The van der Waals surface area contributed by atoms with E-state index in [2.05, 4.69) is 25.6 Å². The van der Waals surface area contributed by atoms with Gasteiger partial charge in [0.25, 0.3) is 0 Å². The van der Waals surface area contributed by atoms with E-state index in [0.717, 1.165) is 22.2 Å². The van der Waals surface area contributed by atoms with Gasteiger partial charge in [0.1, 0.15) is 23.3 Å². The fourth-order valence-corrected chi connectivity index (χ4v) is 4.45. The van der Waals surface area contributed by atoms with Crippen molar-refractivity contribution in [1.82, 2.24) is 15.0 Å². The number of hydrogen-bond donors (Lipinski definition) is 4. The Morgan fingerprint density at radius 2 is 1.82 bits per heavy atom. The van der Waals surface area contributed by atoms with Gasteiger partial charge < -0.3 is 15.6 Å². The van der Waals surface area contributed by atoms with E-state index in [-0.39, 0.29) is 10.7 Å². The molecule has 4 aromatic rings. The van der Waals surface area contributed by atoms with Crippen LogP contribution < -0.4 is 15.8 Å². The minimum Gasteiger partial charge on any atom is -0.370 e. The molecule has 0 aliphatic carbocycles. The van der Waals surface area contributed by atoms with Gasteiger partial charge in [-0.1, -0.05) is 12.1 Å². The van der Waals surface area contributed by atoms with Crippen LogP contribution in [0.2, 0.25) is 0 Å². The molecule has 0 bridgehead atoms. The van der Waals surface area contributed by atoms with E-state index in [1.807, 2.05) is 13.8 Å². The van der Waals surface area contributed by atoms with Crippen LogP contribution in [-0.4, -0.2) is 29.9 Å². The van der Waals surface area contributed by atoms with Crippen molar-refractivity contribution in [2.75, 3.05) is 17.2 Å². The van der Waals surface area contributed by atoms with Gasteiger partial charge in [-0.3, -0.25) is 0 Å². The number of aryl methyl sites for hydroxylation is 3. The number of aromatic nitrogens is 3. The maximum Gasteiger partial charge on any atom is 0.238 e. The first-order chi connectivity index (χ1) is 15.6. The lowest BCUT2D eigenvalue weighted by molar-refractivity contribution is 0.598. The van der Waals surface area contributed by atoms with Gasteiger partial charge >= 0.3 is 0 Å². The van der Waals surface area contributed by atoms with Crippen LogP contribution in [0.4, 0.5) is 21.7 Å². The number of benzene rings is 2. The lowest BCUT2D eigenvalue weighted by Crippen LogP contribution is -2.12. The number of nitrogens with zero attached hydrogens (tertiary/aromatic N) is 2. The Kier molecular flexibility index (Phi) is 6.05. The molecule has 4 rings (SSSR count). The van der Waals surface area contributed by atoms with Gasteiger partial charge in [-0.2, -0.15) is 0 Å². The topological polar surface area (TPSA) is 126 Å². The zero-order valence-corrected chi connectivity index (χ0v) is 19.3. The predicted molar refractivity (Wildman–Crippen MR) is 128 cm³/mol. The van der Waals surface area contributed by atoms with E-state index < -0.39 is 10.0 Å². The van der Waals surface area contributed by atoms with E-state index in [4.69, 9.17) is 5.14 Å². The second-order valence-corrected chi connectivity index (χ2v) is 9.46. The van der Waals surface area contributed by atoms with Crippen LogP contribution in [0.1, 0.15) is 22.6 Å². The number of H-pyrrole nitrogens is 1. The molecule has 0 saturated carbocycles. The van der Waals surface area contributed by atoms with E-state index in [1.54, 1.807) is 31.2 Å². The summed E-state index contributed by atoms with van der Waals surface area (Å²) in [4.78, 5) is 12.0. The molecule has 0 saturated heterocycles. The van der Waals surface area contributed by atoms with Gasteiger partial charge in [0.15, 0.2) is 0 Å². The minimum absolute atomic E-state index is 0.0115. The van der Waals surface area contributed by atoms with E-state index in [0.29, 0.717) is 41.6 Å². The summed E-state index contributed by atoms with van der Waals surface area (Å²) >= 11 is 0. The summed E-state index contributed by atoms with van der Waals surface area (Å²) in [6.07, 6.45) is 0.679. The molecule has 0 amide bonds. The van der Waals surface area contributed by atoms with Crippen molar-refractivity contribution in [3.8, 4) is 0 Å². The highest BCUT2D eigenvalue weighted by Crippen LogP contribution is 2.28. The van der Waals surface area contributed by atoms with Gasteiger partial charge in [0.2, 0.25) is 10.0 Å². The average Bonchev–Trinajstić information content (AvgIpc) is 3.07. The van der Waals surface area contributed by atoms with E-state index >= 15 is 0 Å². The summed E-state index contributed by atoms with van der Waals surface area (Å²) in [5.74, 6) is 1.42. The third-order valence-electron chi connectivity index (χ3n) is 5.38. The maximum atomic E-state index is 14.2. The Bertz CT molecular complexity index is 1450. The second kappa shape index (κ2) is 8.80. The highest BCUT2D eigenvalue weighted by atomic mass is 32.2. The molecular formula is C23H25FN6O2S. The monoisotopic (exact) mass is 468 g/mol. The molecule has 0 radical (unpaired) electrons. The lowest BCUT2D eigenvalue weighted by atomic mass is 10.0. The molecule has 0 aliphatic rings. The molecule has 0 aliphatic heterocycles. The van der Waals surface area contributed by atoms with Crippen molar-refractivity contribution in [2.24, 2.45) is 5.14 Å². The van der Waals surface area contributed by atoms with Crippen LogP contribution in [0.5, 0.6) is 0 Å². The number of anilines is 3. The van der Waals surface area contributed by atoms with Crippen molar-refractivity contribution in [3.05, 3.63) is 70.9 Å². The Morgan fingerprint density at radius 1 is 1.06 bits per heavy atom. The number of halogens is 1. The van der Waals surface area contributed by atoms with E-state index in [9.17, 15) is 12.8 Å². The number of hydrogen-bond acceptors (Lipinski definition) is 6. The zero-order valence-electron chi connectivity index (χ0n) is 18.5. The van der Waals surface area contributed by atoms with Crippen LogP contribution in [0, 0.1) is 26.6 Å². The summed E-state index contributed by atoms with van der Waals surface area (Å²) in [5, 5.41) is 12.5. The summed E-state index contributed by atoms with van der Waals surface area (Å²) in [5.41, 5.74) is 4.11. The quantitative estimate of drug-likeness (QED) is 0.324. The number of fused-ring (bicyclic) bond motifs is 1. The Labute approximate surface area is 191 Å². The van der Waals surface area contributed by atoms with Crippen LogP contribution >= 0.6 is 0 Å². The smallest absolute Gasteiger partial charge is 0.238 e. The zero-order chi connectivity index (χ0) is 23.8. The van der Waals surface area contributed by atoms with Crippen LogP contribution in [-0.2, 0) is 16.4 Å². The molecule has 5 N–H and O–H groups in total. The largest absolute Gasteiger partial charge is 0.370 e. The fraction of sp³-hybridized carbons (Fsp3) is 0.217. The molecule has 0 fully saturated rings. The molecule has 10 heteroatoms. The number of nitrogens with one attached hydrogen (secondary N) is 3. The molecule has 0 atom stereocenters. The van der Waals surface area contributed by atoms with Crippen LogP contribution in [0.3, 0.4) is 0 Å². The summed E-state index contributed by atoms with van der Waals surface area (Å²) in [6, 6.07) is 11.2. The number of sulfonamides is 1. The highest BCUT2D eigenvalue weighted by molar-refractivity contribution is 7.89. The van der Waals surface area contributed by atoms with Crippen molar-refractivity contribution in [1.29, 1.82) is 0 Å². The standard InChI is InChI=1S/C23H25FN6O2S/c1-13-7-8-19(24)23-22(13)18(14(2)27-23)9-10-26-20-12-21(29-15(3)28-20)30-16-5-4-6-17(11-16)33(25,31)32/h4-8,11-12,27H,9-10H2,1-3H3,(H2,25,31,32)(H2,26,28,29,30). The summed E-state index contributed by atoms with van der Waals surface area (Å²) < 4.78 is 37.4. The van der Waals surface area contributed by atoms with Crippen molar-refractivity contribution < 1.29 is 12.8 Å². The fourth-order valence-electron chi connectivity index (χ4n) is 3.89. The van der Waals surface area contributed by atoms with Gasteiger partial charge in [-0.15, -0.1) is 0 Å². The van der Waals surface area contributed by atoms with Gasteiger partial charge in [-0.25, -0.2) is 27.9 Å². The third-order valence-corrected chi connectivity index (χ3v) is 6.29. The predicted octanol–water partition coefficient (Wildman–Crippen LogP) is 4.07. The molecule has 33 heavy (non-hydrogen) atoms. The lowest BCUT2D eigenvalue weighted by Gasteiger charge is -2.11. The number of nitrogens with two attached hydrogens (primary N) is 1. The number of rotatable bonds is 7. The van der Waals surface area contributed by atoms with Gasteiger partial charge in [-0.05, 0) is 62.6 Å². The van der Waals surface area contributed by atoms with Crippen LogP contribution in [0.25, 0.3) is 10.9 Å².